The van der Waals surface area contributed by atoms with E-state index < -0.39 is 17.8 Å². The van der Waals surface area contributed by atoms with E-state index in [0.29, 0.717) is 13.1 Å². The molecule has 0 N–H and O–H groups in total. The van der Waals surface area contributed by atoms with Crippen LogP contribution in [0.15, 0.2) is 48.5 Å². The molecule has 0 aliphatic carbocycles. The lowest BCUT2D eigenvalue weighted by Gasteiger charge is -2.39. The zero-order valence-electron chi connectivity index (χ0n) is 13.7. The summed E-state index contributed by atoms with van der Waals surface area (Å²) in [5.74, 6) is -1.16. The highest BCUT2D eigenvalue weighted by molar-refractivity contribution is 6.03. The summed E-state index contributed by atoms with van der Waals surface area (Å²) in [6.07, 6.45) is 0. The van der Waals surface area contributed by atoms with Crippen molar-refractivity contribution in [3.05, 3.63) is 65.5 Å². The molecule has 1 fully saturated rings. The Bertz CT molecular complexity index is 790. The van der Waals surface area contributed by atoms with Crippen molar-refractivity contribution in [2.45, 2.75) is 19.9 Å². The van der Waals surface area contributed by atoms with E-state index in [-0.39, 0.29) is 11.5 Å². The number of para-hydroxylation sites is 1. The Labute approximate surface area is 140 Å². The van der Waals surface area contributed by atoms with Gasteiger partial charge in [-0.15, -0.1) is 0 Å². The molecule has 2 aromatic carbocycles. The van der Waals surface area contributed by atoms with Crippen LogP contribution in [-0.4, -0.2) is 35.8 Å². The lowest BCUT2D eigenvalue weighted by atomic mass is 10.1. The molecule has 2 amide bonds. The van der Waals surface area contributed by atoms with Gasteiger partial charge in [0.1, 0.15) is 11.9 Å². The number of aryl methyl sites for hydroxylation is 1. The Balaban J connectivity index is 1.84. The van der Waals surface area contributed by atoms with Crippen molar-refractivity contribution < 1.29 is 14.0 Å². The average molecular weight is 326 g/mol. The van der Waals surface area contributed by atoms with Crippen molar-refractivity contribution in [2.24, 2.45) is 0 Å². The summed E-state index contributed by atoms with van der Waals surface area (Å²) < 4.78 is 13.9. The van der Waals surface area contributed by atoms with Crippen molar-refractivity contribution in [1.29, 1.82) is 0 Å². The van der Waals surface area contributed by atoms with Gasteiger partial charge in [-0.1, -0.05) is 30.3 Å². The Kier molecular flexibility index (Phi) is 4.34. The summed E-state index contributed by atoms with van der Waals surface area (Å²) >= 11 is 0. The third-order valence-electron chi connectivity index (χ3n) is 4.43. The standard InChI is InChI=1S/C19H19FN2O2/c1-13-7-3-6-10-17(13)22-12-11-21(14(2)18(22)23)19(24)15-8-4-5-9-16(15)20/h3-10,14H,11-12H2,1-2H3. The molecule has 124 valence electrons. The molecule has 1 saturated heterocycles. The number of piperazine rings is 1. The first-order valence-corrected chi connectivity index (χ1v) is 7.93. The third-order valence-corrected chi connectivity index (χ3v) is 4.43. The third kappa shape index (κ3) is 2.77. The lowest BCUT2D eigenvalue weighted by Crippen LogP contribution is -2.58. The van der Waals surface area contributed by atoms with Gasteiger partial charge in [0.2, 0.25) is 5.91 Å². The minimum atomic E-state index is -0.634. The van der Waals surface area contributed by atoms with E-state index in [9.17, 15) is 14.0 Å². The fourth-order valence-electron chi connectivity index (χ4n) is 3.04. The van der Waals surface area contributed by atoms with E-state index in [4.69, 9.17) is 0 Å². The fraction of sp³-hybridized carbons (Fsp3) is 0.263. The van der Waals surface area contributed by atoms with Crippen molar-refractivity contribution >= 4 is 17.5 Å². The normalized spacial score (nSPS) is 18.0. The van der Waals surface area contributed by atoms with Crippen molar-refractivity contribution in [2.75, 3.05) is 18.0 Å². The van der Waals surface area contributed by atoms with Gasteiger partial charge < -0.3 is 9.80 Å². The van der Waals surface area contributed by atoms with Crippen LogP contribution in [0.5, 0.6) is 0 Å². The van der Waals surface area contributed by atoms with Gasteiger partial charge in [0, 0.05) is 18.8 Å². The molecule has 1 heterocycles. The number of amides is 2. The smallest absolute Gasteiger partial charge is 0.257 e. The van der Waals surface area contributed by atoms with Gasteiger partial charge in [-0.25, -0.2) is 4.39 Å². The van der Waals surface area contributed by atoms with E-state index in [1.165, 1.54) is 23.1 Å². The first-order valence-electron chi connectivity index (χ1n) is 7.93. The van der Waals surface area contributed by atoms with Crippen LogP contribution < -0.4 is 4.90 Å². The summed E-state index contributed by atoms with van der Waals surface area (Å²) in [6.45, 7) is 4.40. The quantitative estimate of drug-likeness (QED) is 0.851. The minimum absolute atomic E-state index is 0.00138. The number of hydrogen-bond donors (Lipinski definition) is 0. The number of carbonyl (C=O) groups excluding carboxylic acids is 2. The van der Waals surface area contributed by atoms with Crippen LogP contribution in [-0.2, 0) is 4.79 Å². The van der Waals surface area contributed by atoms with E-state index in [1.807, 2.05) is 31.2 Å². The topological polar surface area (TPSA) is 40.6 Å². The number of hydrogen-bond acceptors (Lipinski definition) is 2. The summed E-state index contributed by atoms with van der Waals surface area (Å²) in [5, 5.41) is 0. The number of anilines is 1. The van der Waals surface area contributed by atoms with Gasteiger partial charge in [-0.05, 0) is 37.6 Å². The van der Waals surface area contributed by atoms with Gasteiger partial charge in [0.15, 0.2) is 0 Å². The molecular formula is C19H19FN2O2. The first-order chi connectivity index (χ1) is 11.5. The Morgan fingerprint density at radius 2 is 1.75 bits per heavy atom. The summed E-state index contributed by atoms with van der Waals surface area (Å²) in [7, 11) is 0. The van der Waals surface area contributed by atoms with E-state index in [2.05, 4.69) is 0 Å². The molecule has 1 unspecified atom stereocenters. The molecule has 0 spiro atoms. The highest BCUT2D eigenvalue weighted by atomic mass is 19.1. The summed E-state index contributed by atoms with van der Waals surface area (Å²) in [4.78, 5) is 28.5. The second kappa shape index (κ2) is 6.43. The van der Waals surface area contributed by atoms with Crippen LogP contribution in [0.25, 0.3) is 0 Å². The van der Waals surface area contributed by atoms with Gasteiger partial charge in [-0.3, -0.25) is 9.59 Å². The summed E-state index contributed by atoms with van der Waals surface area (Å²) in [6, 6.07) is 12.9. The Hall–Kier alpha value is -2.69. The van der Waals surface area contributed by atoms with Crippen molar-refractivity contribution in [3.63, 3.8) is 0 Å². The van der Waals surface area contributed by atoms with Crippen LogP contribution >= 0.6 is 0 Å². The molecule has 1 aliphatic heterocycles. The zero-order valence-corrected chi connectivity index (χ0v) is 13.7. The maximum atomic E-state index is 13.9. The van der Waals surface area contributed by atoms with E-state index >= 15 is 0 Å². The molecule has 0 bridgehead atoms. The maximum Gasteiger partial charge on any atom is 0.257 e. The first kappa shape index (κ1) is 16.2. The molecule has 3 rings (SSSR count). The van der Waals surface area contributed by atoms with Crippen LogP contribution in [0.4, 0.5) is 10.1 Å². The molecule has 24 heavy (non-hydrogen) atoms. The number of carbonyl (C=O) groups is 2. The second-order valence-corrected chi connectivity index (χ2v) is 5.93. The Morgan fingerprint density at radius 3 is 2.46 bits per heavy atom. The zero-order chi connectivity index (χ0) is 17.3. The van der Waals surface area contributed by atoms with Crippen LogP contribution in [0.1, 0.15) is 22.8 Å². The molecular weight excluding hydrogens is 307 g/mol. The molecule has 4 nitrogen and oxygen atoms in total. The van der Waals surface area contributed by atoms with Crippen LogP contribution in [0.2, 0.25) is 0 Å². The predicted octanol–water partition coefficient (Wildman–Crippen LogP) is 3.01. The van der Waals surface area contributed by atoms with Crippen LogP contribution in [0.3, 0.4) is 0 Å². The molecule has 1 atom stereocenters. The molecule has 1 aliphatic rings. The molecule has 0 radical (unpaired) electrons. The Morgan fingerprint density at radius 1 is 1.08 bits per heavy atom. The lowest BCUT2D eigenvalue weighted by molar-refractivity contribution is -0.124. The van der Waals surface area contributed by atoms with E-state index in [0.717, 1.165) is 11.3 Å². The van der Waals surface area contributed by atoms with Gasteiger partial charge in [0.05, 0.1) is 5.56 Å². The largest absolute Gasteiger partial charge is 0.325 e. The predicted molar refractivity (Wildman–Crippen MR) is 90.4 cm³/mol. The van der Waals surface area contributed by atoms with Gasteiger partial charge >= 0.3 is 0 Å². The molecule has 0 saturated carbocycles. The van der Waals surface area contributed by atoms with E-state index in [1.54, 1.807) is 17.9 Å². The van der Waals surface area contributed by atoms with Gasteiger partial charge in [-0.2, -0.15) is 0 Å². The van der Waals surface area contributed by atoms with Crippen molar-refractivity contribution in [3.8, 4) is 0 Å². The number of rotatable bonds is 2. The average Bonchev–Trinajstić information content (AvgIpc) is 2.58. The van der Waals surface area contributed by atoms with Crippen molar-refractivity contribution in [1.82, 2.24) is 4.90 Å². The van der Waals surface area contributed by atoms with Crippen LogP contribution in [0, 0.1) is 12.7 Å². The van der Waals surface area contributed by atoms with Gasteiger partial charge in [0.25, 0.3) is 5.91 Å². The highest BCUT2D eigenvalue weighted by Crippen LogP contribution is 2.25. The summed E-state index contributed by atoms with van der Waals surface area (Å²) in [5.41, 5.74) is 1.86. The number of nitrogens with zero attached hydrogens (tertiary/aromatic N) is 2. The monoisotopic (exact) mass is 326 g/mol. The molecule has 2 aromatic rings. The maximum absolute atomic E-state index is 13.9. The molecule has 0 aromatic heterocycles. The molecule has 5 heteroatoms. The SMILES string of the molecule is Cc1ccccc1N1CCN(C(=O)c2ccccc2F)C(C)C1=O. The number of halogens is 1. The fourth-order valence-corrected chi connectivity index (χ4v) is 3.04. The minimum Gasteiger partial charge on any atom is -0.325 e. The highest BCUT2D eigenvalue weighted by Gasteiger charge is 2.36. The number of benzene rings is 2. The second-order valence-electron chi connectivity index (χ2n) is 5.93.